The summed E-state index contributed by atoms with van der Waals surface area (Å²) >= 11 is 0. The van der Waals surface area contributed by atoms with E-state index in [1.54, 1.807) is 6.92 Å². The summed E-state index contributed by atoms with van der Waals surface area (Å²) in [4.78, 5) is 26.5. The molecule has 2 amide bonds. The van der Waals surface area contributed by atoms with Crippen LogP contribution in [0.3, 0.4) is 0 Å². The lowest BCUT2D eigenvalue weighted by molar-refractivity contribution is -0.135. The maximum atomic E-state index is 14.3. The molecule has 0 spiro atoms. The van der Waals surface area contributed by atoms with Gasteiger partial charge >= 0.3 is 6.09 Å². The van der Waals surface area contributed by atoms with Crippen molar-refractivity contribution in [2.75, 3.05) is 13.2 Å². The van der Waals surface area contributed by atoms with Crippen LogP contribution < -0.4 is 0 Å². The first-order valence-corrected chi connectivity index (χ1v) is 9.05. The van der Waals surface area contributed by atoms with Crippen molar-refractivity contribution in [1.29, 1.82) is 0 Å². The molecule has 146 valence electrons. The highest BCUT2D eigenvalue weighted by Crippen LogP contribution is 2.47. The highest BCUT2D eigenvalue weighted by atomic mass is 19.1. The minimum atomic E-state index is -1.20. The van der Waals surface area contributed by atoms with Crippen molar-refractivity contribution in [2.45, 2.75) is 25.0 Å². The zero-order valence-electron chi connectivity index (χ0n) is 15.2. The first-order chi connectivity index (χ1) is 13.4. The van der Waals surface area contributed by atoms with Crippen LogP contribution in [-0.4, -0.2) is 36.2 Å². The molecule has 5 nitrogen and oxygen atoms in total. The maximum Gasteiger partial charge on any atom is 0.416 e. The molecule has 7 heteroatoms. The summed E-state index contributed by atoms with van der Waals surface area (Å²) in [7, 11) is 0. The molecule has 0 radical (unpaired) electrons. The van der Waals surface area contributed by atoms with Crippen molar-refractivity contribution in [3.8, 4) is 0 Å². The summed E-state index contributed by atoms with van der Waals surface area (Å²) < 4.78 is 38.1. The predicted octanol–water partition coefficient (Wildman–Crippen LogP) is 3.42. The van der Waals surface area contributed by atoms with Gasteiger partial charge in [-0.1, -0.05) is 43.3 Å². The van der Waals surface area contributed by atoms with E-state index in [2.05, 4.69) is 0 Å². The van der Waals surface area contributed by atoms with Crippen molar-refractivity contribution in [3.05, 3.63) is 71.3 Å². The quantitative estimate of drug-likeness (QED) is 0.738. The lowest BCUT2D eigenvalue weighted by Crippen LogP contribution is -2.46. The fourth-order valence-electron chi connectivity index (χ4n) is 3.72. The summed E-state index contributed by atoms with van der Waals surface area (Å²) in [6, 6.07) is 12.2. The maximum absolute atomic E-state index is 14.3. The Morgan fingerprint density at radius 2 is 1.96 bits per heavy atom. The second-order valence-electron chi connectivity index (χ2n) is 7.15. The Morgan fingerprint density at radius 1 is 1.25 bits per heavy atom. The lowest BCUT2D eigenvalue weighted by atomic mass is 9.85. The second-order valence-corrected chi connectivity index (χ2v) is 7.15. The van der Waals surface area contributed by atoms with E-state index < -0.39 is 41.2 Å². The van der Waals surface area contributed by atoms with Crippen LogP contribution in [0.5, 0.6) is 0 Å². The number of carbonyl (C=O) groups is 2. The Kier molecular flexibility index (Phi) is 4.63. The van der Waals surface area contributed by atoms with Gasteiger partial charge in [0, 0.05) is 11.6 Å². The molecule has 0 aromatic heterocycles. The molecule has 0 aliphatic carbocycles. The van der Waals surface area contributed by atoms with Crippen molar-refractivity contribution < 1.29 is 27.8 Å². The molecule has 2 aromatic rings. The predicted molar refractivity (Wildman–Crippen MR) is 95.3 cm³/mol. The van der Waals surface area contributed by atoms with E-state index in [9.17, 15) is 18.4 Å². The molecule has 0 N–H and O–H groups in total. The molecule has 3 atom stereocenters. The Labute approximate surface area is 160 Å². The van der Waals surface area contributed by atoms with Gasteiger partial charge in [-0.3, -0.25) is 4.79 Å². The topological polar surface area (TPSA) is 59.1 Å². The van der Waals surface area contributed by atoms with Crippen LogP contribution in [0.2, 0.25) is 0 Å². The van der Waals surface area contributed by atoms with Gasteiger partial charge in [0.25, 0.3) is 0 Å². The minimum absolute atomic E-state index is 0.102. The molecule has 28 heavy (non-hydrogen) atoms. The van der Waals surface area contributed by atoms with Crippen molar-refractivity contribution in [3.63, 3.8) is 0 Å². The first kappa shape index (κ1) is 18.6. The van der Waals surface area contributed by atoms with Crippen LogP contribution in [0.25, 0.3) is 0 Å². The number of nitrogens with zero attached hydrogens (tertiary/aromatic N) is 1. The number of imide groups is 1. The fraction of sp³-hybridized carbons (Fsp3) is 0.333. The molecule has 2 aromatic carbocycles. The van der Waals surface area contributed by atoms with Crippen LogP contribution in [-0.2, 0) is 26.3 Å². The van der Waals surface area contributed by atoms with Gasteiger partial charge in [-0.25, -0.2) is 18.5 Å². The molecule has 2 aliphatic heterocycles. The van der Waals surface area contributed by atoms with E-state index in [-0.39, 0.29) is 18.8 Å². The third-order valence-electron chi connectivity index (χ3n) is 5.42. The molecular weight excluding hydrogens is 368 g/mol. The standard InChI is InChI=1S/C21H19F2NO4/c1-13(21(12-28-21)17-8-7-15(22)10-18(17)23)19(25)24-16(11-27-20(24)26)9-14-5-3-2-4-6-14/h2-8,10,13,16H,9,11-12H2,1H3/t13-,16+,21-/m0/s1. The lowest BCUT2D eigenvalue weighted by Gasteiger charge is -2.26. The van der Waals surface area contributed by atoms with Crippen LogP contribution in [0.15, 0.2) is 48.5 Å². The third-order valence-corrected chi connectivity index (χ3v) is 5.42. The van der Waals surface area contributed by atoms with Gasteiger partial charge in [0.05, 0.1) is 18.6 Å². The van der Waals surface area contributed by atoms with E-state index in [4.69, 9.17) is 9.47 Å². The third kappa shape index (κ3) is 3.16. The number of rotatable bonds is 5. The molecule has 0 bridgehead atoms. The molecule has 2 heterocycles. The highest BCUT2D eigenvalue weighted by Gasteiger charge is 2.57. The summed E-state index contributed by atoms with van der Waals surface area (Å²) in [5.74, 6) is -2.81. The zero-order chi connectivity index (χ0) is 19.9. The molecule has 2 saturated heterocycles. The van der Waals surface area contributed by atoms with Crippen molar-refractivity contribution in [2.24, 2.45) is 5.92 Å². The van der Waals surface area contributed by atoms with E-state index in [1.165, 1.54) is 6.07 Å². The van der Waals surface area contributed by atoms with E-state index >= 15 is 0 Å². The Balaban J connectivity index is 1.57. The molecule has 0 unspecified atom stereocenters. The Bertz CT molecular complexity index is 914. The van der Waals surface area contributed by atoms with Crippen LogP contribution in [0.1, 0.15) is 18.1 Å². The average Bonchev–Trinajstić information content (AvgIpc) is 3.40. The largest absolute Gasteiger partial charge is 0.447 e. The van der Waals surface area contributed by atoms with Gasteiger partial charge in [0.2, 0.25) is 5.91 Å². The van der Waals surface area contributed by atoms with Crippen molar-refractivity contribution in [1.82, 2.24) is 4.90 Å². The number of amides is 2. The van der Waals surface area contributed by atoms with Gasteiger partial charge in [0.1, 0.15) is 23.8 Å². The number of ether oxygens (including phenoxy) is 2. The van der Waals surface area contributed by atoms with Gasteiger partial charge in [-0.15, -0.1) is 0 Å². The van der Waals surface area contributed by atoms with Crippen LogP contribution in [0.4, 0.5) is 13.6 Å². The number of halogens is 2. The molecular formula is C21H19F2NO4. The van der Waals surface area contributed by atoms with E-state index in [1.807, 2.05) is 30.3 Å². The average molecular weight is 387 g/mol. The smallest absolute Gasteiger partial charge is 0.416 e. The summed E-state index contributed by atoms with van der Waals surface area (Å²) in [6.45, 7) is 1.81. The number of hydrogen-bond donors (Lipinski definition) is 0. The van der Waals surface area contributed by atoms with E-state index in [0.29, 0.717) is 6.42 Å². The Hall–Kier alpha value is -2.80. The van der Waals surface area contributed by atoms with E-state index in [0.717, 1.165) is 22.6 Å². The SMILES string of the molecule is C[C@@H](C(=O)N1C(=O)OC[C@H]1Cc1ccccc1)[C@]1(c2ccc(F)cc2F)CO1. The highest BCUT2D eigenvalue weighted by molar-refractivity contribution is 5.95. The normalized spacial score (nSPS) is 24.8. The fourth-order valence-corrected chi connectivity index (χ4v) is 3.72. The van der Waals surface area contributed by atoms with Gasteiger partial charge in [-0.05, 0) is 18.1 Å². The summed E-state index contributed by atoms with van der Waals surface area (Å²) in [6.07, 6.45) is -0.253. The van der Waals surface area contributed by atoms with Gasteiger partial charge in [0.15, 0.2) is 0 Å². The summed E-state index contributed by atoms with van der Waals surface area (Å²) in [5, 5.41) is 0. The number of cyclic esters (lactones) is 1. The monoisotopic (exact) mass is 387 g/mol. The second kappa shape index (κ2) is 6.98. The number of hydrogen-bond acceptors (Lipinski definition) is 4. The van der Waals surface area contributed by atoms with Crippen LogP contribution >= 0.6 is 0 Å². The minimum Gasteiger partial charge on any atom is -0.447 e. The number of carbonyl (C=O) groups excluding carboxylic acids is 2. The van der Waals surface area contributed by atoms with Gasteiger partial charge < -0.3 is 9.47 Å². The van der Waals surface area contributed by atoms with Gasteiger partial charge in [-0.2, -0.15) is 0 Å². The zero-order valence-corrected chi connectivity index (χ0v) is 15.2. The number of benzene rings is 2. The number of epoxide rings is 1. The molecule has 4 rings (SSSR count). The molecule has 0 saturated carbocycles. The molecule has 2 aliphatic rings. The first-order valence-electron chi connectivity index (χ1n) is 9.05. The Morgan fingerprint density at radius 3 is 2.61 bits per heavy atom. The van der Waals surface area contributed by atoms with Crippen molar-refractivity contribution >= 4 is 12.0 Å². The summed E-state index contributed by atoms with van der Waals surface area (Å²) in [5.41, 5.74) is -0.116. The molecule has 2 fully saturated rings. The van der Waals surface area contributed by atoms with Crippen LogP contribution in [0, 0.1) is 17.6 Å².